The molecule has 1 unspecified atom stereocenters. The van der Waals surface area contributed by atoms with E-state index in [0.29, 0.717) is 21.2 Å². The van der Waals surface area contributed by atoms with Crippen LogP contribution in [-0.2, 0) is 0 Å². The van der Waals surface area contributed by atoms with Crippen molar-refractivity contribution in [2.45, 2.75) is 12.3 Å². The summed E-state index contributed by atoms with van der Waals surface area (Å²) in [6.45, 7) is 1.83. The molecule has 0 spiro atoms. The Morgan fingerprint density at radius 3 is 2.33 bits per heavy atom. The molecule has 94 valence electrons. The van der Waals surface area contributed by atoms with E-state index in [-0.39, 0.29) is 5.82 Å². The largest absolute Gasteiger partial charge is 0.207 e. The smallest absolute Gasteiger partial charge is 0.128 e. The molecule has 1 atom stereocenters. The number of rotatable bonds is 2. The first-order chi connectivity index (χ1) is 8.49. The average Bonchev–Trinajstić information content (AvgIpc) is 2.32. The van der Waals surface area contributed by atoms with Crippen molar-refractivity contribution in [3.63, 3.8) is 0 Å². The van der Waals surface area contributed by atoms with Gasteiger partial charge in [0.1, 0.15) is 5.82 Å². The first-order valence-electron chi connectivity index (χ1n) is 5.34. The third-order valence-corrected chi connectivity index (χ3v) is 3.89. The Morgan fingerprint density at radius 2 is 1.72 bits per heavy atom. The van der Waals surface area contributed by atoms with E-state index < -0.39 is 5.38 Å². The van der Waals surface area contributed by atoms with Gasteiger partial charge in [-0.1, -0.05) is 41.4 Å². The molecule has 2 aromatic carbocycles. The van der Waals surface area contributed by atoms with Crippen molar-refractivity contribution in [2.24, 2.45) is 0 Å². The number of benzene rings is 2. The summed E-state index contributed by atoms with van der Waals surface area (Å²) in [6.07, 6.45) is 0. The van der Waals surface area contributed by atoms with Gasteiger partial charge in [0.25, 0.3) is 0 Å². The third-order valence-electron chi connectivity index (χ3n) is 2.67. The van der Waals surface area contributed by atoms with E-state index in [9.17, 15) is 4.39 Å². The minimum atomic E-state index is -0.583. The number of hydrogen-bond donors (Lipinski definition) is 0. The summed E-state index contributed by atoms with van der Waals surface area (Å²) < 4.78 is 13.8. The second kappa shape index (κ2) is 5.48. The summed E-state index contributed by atoms with van der Waals surface area (Å²) in [4.78, 5) is 0. The molecule has 0 saturated heterocycles. The number of alkyl halides is 1. The summed E-state index contributed by atoms with van der Waals surface area (Å²) in [6, 6.07) is 10.0. The Hall–Kier alpha value is -0.760. The maximum Gasteiger partial charge on any atom is 0.128 e. The molecule has 4 heteroatoms. The molecule has 2 aromatic rings. The van der Waals surface area contributed by atoms with Crippen molar-refractivity contribution in [3.8, 4) is 0 Å². The Labute approximate surface area is 120 Å². The van der Waals surface area contributed by atoms with Gasteiger partial charge in [-0.25, -0.2) is 4.39 Å². The van der Waals surface area contributed by atoms with Gasteiger partial charge in [0.2, 0.25) is 0 Å². The van der Waals surface area contributed by atoms with E-state index >= 15 is 0 Å². The SMILES string of the molecule is Cc1ccc(C(Cl)c2ccc(Cl)c(Cl)c2)c(F)c1. The van der Waals surface area contributed by atoms with Gasteiger partial charge in [-0.3, -0.25) is 0 Å². The monoisotopic (exact) mass is 302 g/mol. The molecule has 0 aromatic heterocycles. The van der Waals surface area contributed by atoms with Gasteiger partial charge >= 0.3 is 0 Å². The second-order valence-electron chi connectivity index (χ2n) is 4.06. The predicted molar refractivity (Wildman–Crippen MR) is 75.3 cm³/mol. The molecule has 0 fully saturated rings. The van der Waals surface area contributed by atoms with E-state index in [1.807, 2.05) is 13.0 Å². The molecule has 0 aliphatic carbocycles. The van der Waals surface area contributed by atoms with Crippen LogP contribution in [0.25, 0.3) is 0 Å². The van der Waals surface area contributed by atoms with Crippen LogP contribution in [0.2, 0.25) is 10.0 Å². The van der Waals surface area contributed by atoms with Crippen LogP contribution in [0.3, 0.4) is 0 Å². The van der Waals surface area contributed by atoms with Gasteiger partial charge in [-0.2, -0.15) is 0 Å². The molecule has 0 bridgehead atoms. The highest BCUT2D eigenvalue weighted by atomic mass is 35.5. The fraction of sp³-hybridized carbons (Fsp3) is 0.143. The topological polar surface area (TPSA) is 0 Å². The third kappa shape index (κ3) is 2.80. The van der Waals surface area contributed by atoms with Crippen LogP contribution in [0.4, 0.5) is 4.39 Å². The Kier molecular flexibility index (Phi) is 4.16. The molecule has 0 heterocycles. The van der Waals surface area contributed by atoms with Gasteiger partial charge in [0, 0.05) is 5.56 Å². The Bertz CT molecular complexity index is 581. The van der Waals surface area contributed by atoms with Crippen LogP contribution in [0.15, 0.2) is 36.4 Å². The maximum absolute atomic E-state index is 13.8. The van der Waals surface area contributed by atoms with Crippen molar-refractivity contribution in [1.82, 2.24) is 0 Å². The maximum atomic E-state index is 13.8. The fourth-order valence-corrected chi connectivity index (χ4v) is 2.31. The number of hydrogen-bond acceptors (Lipinski definition) is 0. The minimum Gasteiger partial charge on any atom is -0.207 e. The van der Waals surface area contributed by atoms with Crippen molar-refractivity contribution < 1.29 is 4.39 Å². The van der Waals surface area contributed by atoms with Gasteiger partial charge in [0.15, 0.2) is 0 Å². The van der Waals surface area contributed by atoms with Gasteiger partial charge in [-0.15, -0.1) is 11.6 Å². The quantitative estimate of drug-likeness (QED) is 0.618. The van der Waals surface area contributed by atoms with Gasteiger partial charge < -0.3 is 0 Å². The lowest BCUT2D eigenvalue weighted by Gasteiger charge is -2.12. The molecule has 0 nitrogen and oxygen atoms in total. The highest BCUT2D eigenvalue weighted by Crippen LogP contribution is 2.34. The number of aryl methyl sites for hydroxylation is 1. The standard InChI is InChI=1S/C14H10Cl3F/c1-8-2-4-10(13(18)6-8)14(17)9-3-5-11(15)12(16)7-9/h2-7,14H,1H3. The zero-order valence-corrected chi connectivity index (χ0v) is 11.8. The predicted octanol–water partition coefficient (Wildman–Crippen LogP) is 5.77. The Balaban J connectivity index is 2.41. The van der Waals surface area contributed by atoms with E-state index in [0.717, 1.165) is 5.56 Å². The summed E-state index contributed by atoms with van der Waals surface area (Å²) in [5.41, 5.74) is 2.00. The van der Waals surface area contributed by atoms with E-state index in [2.05, 4.69) is 0 Å². The van der Waals surface area contributed by atoms with Crippen LogP contribution in [0.1, 0.15) is 22.1 Å². The van der Waals surface area contributed by atoms with Crippen molar-refractivity contribution in [1.29, 1.82) is 0 Å². The van der Waals surface area contributed by atoms with E-state index in [1.54, 1.807) is 24.3 Å². The lowest BCUT2D eigenvalue weighted by atomic mass is 10.0. The van der Waals surface area contributed by atoms with Crippen LogP contribution >= 0.6 is 34.8 Å². The van der Waals surface area contributed by atoms with E-state index in [4.69, 9.17) is 34.8 Å². The molecule has 2 rings (SSSR count). The molecule has 0 amide bonds. The van der Waals surface area contributed by atoms with Gasteiger partial charge in [0.05, 0.1) is 15.4 Å². The lowest BCUT2D eigenvalue weighted by Crippen LogP contribution is -1.97. The summed E-state index contributed by atoms with van der Waals surface area (Å²) >= 11 is 18.0. The van der Waals surface area contributed by atoms with Crippen LogP contribution < -0.4 is 0 Å². The molecule has 0 radical (unpaired) electrons. The second-order valence-corrected chi connectivity index (χ2v) is 5.31. The first-order valence-corrected chi connectivity index (χ1v) is 6.53. The van der Waals surface area contributed by atoms with Crippen LogP contribution in [-0.4, -0.2) is 0 Å². The van der Waals surface area contributed by atoms with Crippen LogP contribution in [0, 0.1) is 12.7 Å². The molecular weight excluding hydrogens is 294 g/mol. The van der Waals surface area contributed by atoms with Crippen molar-refractivity contribution in [3.05, 3.63) is 69.0 Å². The number of halogens is 4. The summed E-state index contributed by atoms with van der Waals surface area (Å²) in [5.74, 6) is -0.318. The van der Waals surface area contributed by atoms with Crippen molar-refractivity contribution in [2.75, 3.05) is 0 Å². The molecule has 0 aliphatic rings. The van der Waals surface area contributed by atoms with Gasteiger partial charge in [-0.05, 0) is 36.2 Å². The van der Waals surface area contributed by atoms with E-state index in [1.165, 1.54) is 6.07 Å². The molecule has 0 N–H and O–H groups in total. The lowest BCUT2D eigenvalue weighted by molar-refractivity contribution is 0.611. The fourth-order valence-electron chi connectivity index (χ4n) is 1.69. The average molecular weight is 304 g/mol. The summed E-state index contributed by atoms with van der Waals surface area (Å²) in [7, 11) is 0. The molecular formula is C14H10Cl3F. The minimum absolute atomic E-state index is 0.318. The zero-order chi connectivity index (χ0) is 13.3. The normalized spacial score (nSPS) is 12.5. The van der Waals surface area contributed by atoms with Crippen molar-refractivity contribution >= 4 is 34.8 Å². The van der Waals surface area contributed by atoms with Crippen LogP contribution in [0.5, 0.6) is 0 Å². The first kappa shape index (κ1) is 13.7. The highest BCUT2D eigenvalue weighted by Gasteiger charge is 2.16. The zero-order valence-electron chi connectivity index (χ0n) is 9.55. The highest BCUT2D eigenvalue weighted by molar-refractivity contribution is 6.42. The molecule has 18 heavy (non-hydrogen) atoms. The summed E-state index contributed by atoms with van der Waals surface area (Å²) in [5, 5.41) is 0.279. The molecule has 0 aliphatic heterocycles. The Morgan fingerprint density at radius 1 is 1.00 bits per heavy atom. The molecule has 0 saturated carbocycles.